The highest BCUT2D eigenvalue weighted by molar-refractivity contribution is 5.98. The van der Waals surface area contributed by atoms with Gasteiger partial charge in [0.25, 0.3) is 11.6 Å². The van der Waals surface area contributed by atoms with Crippen LogP contribution in [0, 0.1) is 26.1 Å². The molecule has 0 radical (unpaired) electrons. The summed E-state index contributed by atoms with van der Waals surface area (Å²) in [5, 5.41) is 25.7. The van der Waals surface area contributed by atoms with E-state index < -0.39 is 33.1 Å². The second kappa shape index (κ2) is 11.3. The van der Waals surface area contributed by atoms with Gasteiger partial charge in [0.2, 0.25) is 11.6 Å². The summed E-state index contributed by atoms with van der Waals surface area (Å²) in [6, 6.07) is 11.2. The van der Waals surface area contributed by atoms with E-state index in [4.69, 9.17) is 4.74 Å². The molecule has 186 valence electrons. The van der Waals surface area contributed by atoms with E-state index >= 15 is 0 Å². The Morgan fingerprint density at radius 3 is 2.28 bits per heavy atom. The summed E-state index contributed by atoms with van der Waals surface area (Å²) in [5.41, 5.74) is 3.88. The summed E-state index contributed by atoms with van der Waals surface area (Å²) < 4.78 is 5.16. The molecule has 3 rings (SSSR count). The second-order valence-corrected chi connectivity index (χ2v) is 7.72. The van der Waals surface area contributed by atoms with Crippen LogP contribution in [0.15, 0.2) is 54.9 Å². The van der Waals surface area contributed by atoms with Gasteiger partial charge in [0.1, 0.15) is 11.9 Å². The molecule has 0 aliphatic carbocycles. The summed E-state index contributed by atoms with van der Waals surface area (Å²) in [6.07, 6.45) is 1.02. The Bertz CT molecular complexity index is 1300. The minimum Gasteiger partial charge on any atom is -0.462 e. The molecular weight excluding hydrogens is 474 g/mol. The van der Waals surface area contributed by atoms with Crippen LogP contribution in [0.1, 0.15) is 34.6 Å². The van der Waals surface area contributed by atoms with E-state index in [2.05, 4.69) is 26.1 Å². The van der Waals surface area contributed by atoms with Gasteiger partial charge in [-0.2, -0.15) is 0 Å². The third-order valence-electron chi connectivity index (χ3n) is 4.58. The summed E-state index contributed by atoms with van der Waals surface area (Å²) in [6.45, 7) is 4.10. The summed E-state index contributed by atoms with van der Waals surface area (Å²) >= 11 is 0. The number of amides is 1. The number of ether oxygens (including phenoxy) is 1. The molecular formula is C22H21N7O7. The average Bonchev–Trinajstić information content (AvgIpc) is 2.86. The molecule has 1 amide bonds. The zero-order valence-corrected chi connectivity index (χ0v) is 19.1. The number of nitrogens with zero attached hydrogens (tertiary/aromatic N) is 4. The van der Waals surface area contributed by atoms with Crippen LogP contribution in [-0.2, 0) is 4.74 Å². The molecule has 3 N–H and O–H groups in total. The fourth-order valence-corrected chi connectivity index (χ4v) is 2.89. The number of aromatic nitrogens is 2. The zero-order chi connectivity index (χ0) is 26.2. The summed E-state index contributed by atoms with van der Waals surface area (Å²) in [5.74, 6) is -1.77. The molecule has 0 atom stereocenters. The normalized spacial score (nSPS) is 10.4. The van der Waals surface area contributed by atoms with Crippen molar-refractivity contribution in [3.63, 3.8) is 0 Å². The first-order chi connectivity index (χ1) is 17.2. The molecule has 1 aromatic heterocycles. The van der Waals surface area contributed by atoms with Gasteiger partial charge in [-0.1, -0.05) is 26.0 Å². The monoisotopic (exact) mass is 495 g/mol. The van der Waals surface area contributed by atoms with E-state index in [0.717, 1.165) is 12.4 Å². The molecule has 14 heteroatoms. The van der Waals surface area contributed by atoms with Crippen molar-refractivity contribution < 1.29 is 24.2 Å². The smallest absolute Gasteiger partial charge is 0.355 e. The molecule has 0 aliphatic rings. The van der Waals surface area contributed by atoms with E-state index in [0.29, 0.717) is 11.3 Å². The molecule has 14 nitrogen and oxygen atoms in total. The standard InChI is InChI=1S/C22H21N7O7/c1-13(2)11-36-22(31)14-7-9-15(10-8-14)25-19-18(29(34)35)20(24-12-23-19)26-27-21(30)16-5-3-4-6-17(16)28(32)33/h3-10,12-13H,11H2,1-2H3,(H,27,30)(H2,23,24,25,26). The number of nitro groups is 2. The fourth-order valence-electron chi connectivity index (χ4n) is 2.89. The maximum atomic E-state index is 12.4. The first kappa shape index (κ1) is 25.5. The Morgan fingerprint density at radius 1 is 0.972 bits per heavy atom. The first-order valence-corrected chi connectivity index (χ1v) is 10.5. The van der Waals surface area contributed by atoms with Crippen LogP contribution in [0.3, 0.4) is 0 Å². The van der Waals surface area contributed by atoms with Gasteiger partial charge in [0.05, 0.1) is 22.0 Å². The van der Waals surface area contributed by atoms with Gasteiger partial charge in [-0.3, -0.25) is 35.9 Å². The predicted octanol–water partition coefficient (Wildman–Crippen LogP) is 3.61. The molecule has 2 aromatic carbocycles. The highest BCUT2D eigenvalue weighted by atomic mass is 16.6. The van der Waals surface area contributed by atoms with Crippen molar-refractivity contribution in [2.75, 3.05) is 17.3 Å². The number of nitrogens with one attached hydrogen (secondary N) is 3. The van der Waals surface area contributed by atoms with E-state index in [1.54, 1.807) is 0 Å². The average molecular weight is 495 g/mol. The van der Waals surface area contributed by atoms with Crippen LogP contribution in [-0.4, -0.2) is 38.3 Å². The third kappa shape index (κ3) is 6.25. The predicted molar refractivity (Wildman–Crippen MR) is 128 cm³/mol. The zero-order valence-electron chi connectivity index (χ0n) is 19.1. The molecule has 3 aromatic rings. The molecule has 1 heterocycles. The largest absolute Gasteiger partial charge is 0.462 e. The highest BCUT2D eigenvalue weighted by Gasteiger charge is 2.25. The number of hydrazine groups is 1. The van der Waals surface area contributed by atoms with E-state index in [1.807, 2.05) is 13.8 Å². The number of rotatable bonds is 10. The van der Waals surface area contributed by atoms with Gasteiger partial charge in [-0.25, -0.2) is 14.8 Å². The minimum absolute atomic E-state index is 0.184. The lowest BCUT2D eigenvalue weighted by atomic mass is 10.2. The topological polar surface area (TPSA) is 192 Å². The number of carbonyl (C=O) groups excluding carboxylic acids is 2. The minimum atomic E-state index is -0.898. The highest BCUT2D eigenvalue weighted by Crippen LogP contribution is 2.31. The van der Waals surface area contributed by atoms with E-state index in [-0.39, 0.29) is 29.7 Å². The van der Waals surface area contributed by atoms with Gasteiger partial charge in [-0.05, 0) is 36.2 Å². The number of hydrogen-bond acceptors (Lipinski definition) is 11. The Hall–Kier alpha value is -5.14. The molecule has 0 saturated carbocycles. The van der Waals surface area contributed by atoms with E-state index in [1.165, 1.54) is 42.5 Å². The Balaban J connectivity index is 1.77. The van der Waals surface area contributed by atoms with Crippen LogP contribution >= 0.6 is 0 Å². The van der Waals surface area contributed by atoms with Crippen molar-refractivity contribution >= 4 is 40.6 Å². The quantitative estimate of drug-likeness (QED) is 0.211. The SMILES string of the molecule is CC(C)COC(=O)c1ccc(Nc2ncnc(NNC(=O)c3ccccc3[N+](=O)[O-])c2[N+](=O)[O-])cc1. The van der Waals surface area contributed by atoms with Gasteiger partial charge in [-0.15, -0.1) is 0 Å². The number of esters is 1. The van der Waals surface area contributed by atoms with Crippen molar-refractivity contribution in [1.29, 1.82) is 0 Å². The third-order valence-corrected chi connectivity index (χ3v) is 4.58. The van der Waals surface area contributed by atoms with Gasteiger partial charge in [0, 0.05) is 11.8 Å². The molecule has 0 spiro atoms. The summed E-state index contributed by atoms with van der Waals surface area (Å²) in [7, 11) is 0. The van der Waals surface area contributed by atoms with Crippen LogP contribution in [0.5, 0.6) is 0 Å². The van der Waals surface area contributed by atoms with Crippen LogP contribution in [0.2, 0.25) is 0 Å². The molecule has 0 unspecified atom stereocenters. The number of carbonyl (C=O) groups is 2. The van der Waals surface area contributed by atoms with Crippen molar-refractivity contribution in [2.24, 2.45) is 5.92 Å². The number of anilines is 3. The second-order valence-electron chi connectivity index (χ2n) is 7.72. The van der Waals surface area contributed by atoms with Crippen molar-refractivity contribution in [1.82, 2.24) is 15.4 Å². The van der Waals surface area contributed by atoms with Crippen molar-refractivity contribution in [2.45, 2.75) is 13.8 Å². The van der Waals surface area contributed by atoms with Gasteiger partial charge in [0.15, 0.2) is 0 Å². The summed E-state index contributed by atoms with van der Waals surface area (Å²) in [4.78, 5) is 53.6. The Kier molecular flexibility index (Phi) is 8.02. The molecule has 36 heavy (non-hydrogen) atoms. The Labute approximate surface area is 204 Å². The molecule has 0 bridgehead atoms. The van der Waals surface area contributed by atoms with E-state index in [9.17, 15) is 29.8 Å². The lowest BCUT2D eigenvalue weighted by Crippen LogP contribution is -2.30. The molecule has 0 fully saturated rings. The molecule has 0 aliphatic heterocycles. The van der Waals surface area contributed by atoms with Crippen molar-refractivity contribution in [3.8, 4) is 0 Å². The lowest BCUT2D eigenvalue weighted by molar-refractivity contribution is -0.385. The van der Waals surface area contributed by atoms with Crippen LogP contribution in [0.25, 0.3) is 0 Å². The number of hydrogen-bond donors (Lipinski definition) is 3. The lowest BCUT2D eigenvalue weighted by Gasteiger charge is -2.11. The maximum Gasteiger partial charge on any atom is 0.355 e. The molecule has 0 saturated heterocycles. The number of para-hydroxylation sites is 1. The number of benzene rings is 2. The first-order valence-electron chi connectivity index (χ1n) is 10.5. The fraction of sp³-hybridized carbons (Fsp3) is 0.182. The van der Waals surface area contributed by atoms with Crippen molar-refractivity contribution in [3.05, 3.63) is 86.2 Å². The Morgan fingerprint density at radius 2 is 1.64 bits per heavy atom. The van der Waals surface area contributed by atoms with Crippen LogP contribution in [0.4, 0.5) is 28.7 Å². The van der Waals surface area contributed by atoms with Gasteiger partial charge >= 0.3 is 11.7 Å². The van der Waals surface area contributed by atoms with Crippen LogP contribution < -0.4 is 16.2 Å². The number of nitro benzene ring substituents is 1. The maximum absolute atomic E-state index is 12.4. The van der Waals surface area contributed by atoms with Gasteiger partial charge < -0.3 is 10.1 Å².